The second-order valence-corrected chi connectivity index (χ2v) is 5.23. The van der Waals surface area contributed by atoms with Crippen molar-refractivity contribution in [1.29, 1.82) is 0 Å². The first-order valence-corrected chi connectivity index (χ1v) is 6.60. The highest BCUT2D eigenvalue weighted by molar-refractivity contribution is 5.91. The van der Waals surface area contributed by atoms with Crippen LogP contribution < -0.4 is 5.73 Å². The Labute approximate surface area is 117 Å². The fourth-order valence-corrected chi connectivity index (χ4v) is 2.01. The largest absolute Gasteiger partial charge is 0.478 e. The van der Waals surface area contributed by atoms with Gasteiger partial charge in [0.25, 0.3) is 0 Å². The summed E-state index contributed by atoms with van der Waals surface area (Å²) in [4.78, 5) is 18.5. The van der Waals surface area contributed by atoms with E-state index in [1.54, 1.807) is 18.5 Å². The van der Waals surface area contributed by atoms with Gasteiger partial charge in [0.2, 0.25) is 0 Å². The molecular weight excluding hydrogens is 254 g/mol. The Kier molecular flexibility index (Phi) is 4.20. The molecule has 4 N–H and O–H groups in total. The van der Waals surface area contributed by atoms with Crippen molar-refractivity contribution in [3.05, 3.63) is 41.9 Å². The van der Waals surface area contributed by atoms with E-state index in [1.165, 1.54) is 0 Å². The maximum atomic E-state index is 11.3. The number of carbonyl (C=O) groups is 1. The van der Waals surface area contributed by atoms with Crippen molar-refractivity contribution in [3.8, 4) is 11.3 Å². The molecule has 106 valence electrons. The predicted octanol–water partition coefficient (Wildman–Crippen LogP) is 2.30. The fourth-order valence-electron chi connectivity index (χ4n) is 2.01. The first-order chi connectivity index (χ1) is 9.49. The Morgan fingerprint density at radius 1 is 1.40 bits per heavy atom. The van der Waals surface area contributed by atoms with Crippen molar-refractivity contribution in [3.63, 3.8) is 0 Å². The quantitative estimate of drug-likeness (QED) is 0.779. The van der Waals surface area contributed by atoms with Gasteiger partial charge in [-0.25, -0.2) is 4.79 Å². The summed E-state index contributed by atoms with van der Waals surface area (Å²) in [5, 5.41) is 9.30. The Bertz CT molecular complexity index is 590. The molecule has 0 fully saturated rings. The summed E-state index contributed by atoms with van der Waals surface area (Å²) in [6.45, 7) is 4.05. The van der Waals surface area contributed by atoms with Crippen molar-refractivity contribution < 1.29 is 9.90 Å². The van der Waals surface area contributed by atoms with Gasteiger partial charge in [0.15, 0.2) is 0 Å². The maximum absolute atomic E-state index is 11.3. The first kappa shape index (κ1) is 14.3. The Morgan fingerprint density at radius 3 is 2.60 bits per heavy atom. The van der Waals surface area contributed by atoms with E-state index in [-0.39, 0.29) is 11.6 Å². The summed E-state index contributed by atoms with van der Waals surface area (Å²) in [5.74, 6) is -0.642. The van der Waals surface area contributed by atoms with Crippen LogP contribution in [-0.2, 0) is 6.42 Å². The lowest BCUT2D eigenvalue weighted by atomic mass is 9.99. The minimum atomic E-state index is -0.937. The van der Waals surface area contributed by atoms with E-state index < -0.39 is 5.97 Å². The van der Waals surface area contributed by atoms with Crippen molar-refractivity contribution >= 4 is 5.97 Å². The Balaban J connectivity index is 2.36. The molecule has 1 unspecified atom stereocenters. The highest BCUT2D eigenvalue weighted by Gasteiger charge is 2.18. The van der Waals surface area contributed by atoms with E-state index in [2.05, 4.69) is 9.97 Å². The van der Waals surface area contributed by atoms with Gasteiger partial charge in [-0.15, -0.1) is 0 Å². The van der Waals surface area contributed by atoms with Crippen LogP contribution in [0.3, 0.4) is 0 Å². The number of hydrogen-bond donors (Lipinski definition) is 3. The number of aromatic nitrogens is 2. The number of H-pyrrole nitrogens is 1. The molecule has 0 aliphatic rings. The second kappa shape index (κ2) is 5.88. The minimum Gasteiger partial charge on any atom is -0.478 e. The van der Waals surface area contributed by atoms with E-state index in [4.69, 9.17) is 5.73 Å². The van der Waals surface area contributed by atoms with E-state index in [0.29, 0.717) is 18.0 Å². The topological polar surface area (TPSA) is 92.0 Å². The summed E-state index contributed by atoms with van der Waals surface area (Å²) in [6.07, 6.45) is 3.87. The molecule has 0 spiro atoms. The third kappa shape index (κ3) is 3.05. The number of hydrogen-bond acceptors (Lipinski definition) is 3. The molecule has 20 heavy (non-hydrogen) atoms. The van der Waals surface area contributed by atoms with Crippen molar-refractivity contribution in [1.82, 2.24) is 9.97 Å². The zero-order valence-electron chi connectivity index (χ0n) is 11.6. The molecule has 0 bridgehead atoms. The zero-order valence-corrected chi connectivity index (χ0v) is 11.6. The van der Waals surface area contributed by atoms with Crippen LogP contribution in [0.1, 0.15) is 29.9 Å². The lowest BCUT2D eigenvalue weighted by Crippen LogP contribution is -2.29. The van der Waals surface area contributed by atoms with E-state index in [9.17, 15) is 9.90 Å². The van der Waals surface area contributed by atoms with Gasteiger partial charge in [-0.05, 0) is 24.1 Å². The van der Waals surface area contributed by atoms with Crippen molar-refractivity contribution in [2.45, 2.75) is 26.3 Å². The molecule has 0 radical (unpaired) electrons. The molecule has 1 atom stereocenters. The number of rotatable bonds is 5. The first-order valence-electron chi connectivity index (χ1n) is 6.60. The monoisotopic (exact) mass is 273 g/mol. The standard InChI is InChI=1S/C15H19N3O2/c1-9(2)12(16)8-14-11(15(19)20)7-13(18-14)10-3-5-17-6-4-10/h3-7,9,12,18H,8,16H2,1-2H3,(H,19,20). The second-order valence-electron chi connectivity index (χ2n) is 5.23. The number of carboxylic acid groups (broad SMARTS) is 1. The SMILES string of the molecule is CC(C)C(N)Cc1[nH]c(-c2ccncc2)cc1C(=O)O. The minimum absolute atomic E-state index is 0.0722. The number of nitrogens with two attached hydrogens (primary N) is 1. The summed E-state index contributed by atoms with van der Waals surface area (Å²) < 4.78 is 0. The lowest BCUT2D eigenvalue weighted by molar-refractivity contribution is 0.0695. The van der Waals surface area contributed by atoms with Crippen molar-refractivity contribution in [2.24, 2.45) is 11.7 Å². The third-order valence-electron chi connectivity index (χ3n) is 3.42. The van der Waals surface area contributed by atoms with Crippen LogP contribution >= 0.6 is 0 Å². The number of pyridine rings is 1. The molecule has 2 aromatic rings. The molecule has 2 heterocycles. The smallest absolute Gasteiger partial charge is 0.337 e. The van der Waals surface area contributed by atoms with Crippen LogP contribution in [0.15, 0.2) is 30.6 Å². The molecule has 5 nitrogen and oxygen atoms in total. The molecule has 2 rings (SSSR count). The summed E-state index contributed by atoms with van der Waals surface area (Å²) >= 11 is 0. The molecular formula is C15H19N3O2. The van der Waals surface area contributed by atoms with Crippen LogP contribution in [0.25, 0.3) is 11.3 Å². The number of aromatic carboxylic acids is 1. The third-order valence-corrected chi connectivity index (χ3v) is 3.42. The van der Waals surface area contributed by atoms with Gasteiger partial charge in [0.1, 0.15) is 0 Å². The molecule has 0 saturated carbocycles. The predicted molar refractivity (Wildman–Crippen MR) is 77.5 cm³/mol. The van der Waals surface area contributed by atoms with Gasteiger partial charge in [-0.3, -0.25) is 4.98 Å². The van der Waals surface area contributed by atoms with Gasteiger partial charge in [-0.1, -0.05) is 13.8 Å². The van der Waals surface area contributed by atoms with Gasteiger partial charge in [0, 0.05) is 41.8 Å². The van der Waals surface area contributed by atoms with Gasteiger partial charge in [-0.2, -0.15) is 0 Å². The highest BCUT2D eigenvalue weighted by Crippen LogP contribution is 2.23. The molecule has 0 saturated heterocycles. The zero-order chi connectivity index (χ0) is 14.7. The number of nitrogens with one attached hydrogen (secondary N) is 1. The number of nitrogens with zero attached hydrogens (tertiary/aromatic N) is 1. The van der Waals surface area contributed by atoms with Gasteiger partial charge >= 0.3 is 5.97 Å². The lowest BCUT2D eigenvalue weighted by Gasteiger charge is -2.14. The normalized spacial score (nSPS) is 12.6. The van der Waals surface area contributed by atoms with Crippen LogP contribution in [0.5, 0.6) is 0 Å². The summed E-state index contributed by atoms with van der Waals surface area (Å²) in [5.41, 5.74) is 8.68. The van der Waals surface area contributed by atoms with Crippen molar-refractivity contribution in [2.75, 3.05) is 0 Å². The van der Waals surface area contributed by atoms with E-state index in [1.807, 2.05) is 26.0 Å². The molecule has 0 aromatic carbocycles. The van der Waals surface area contributed by atoms with E-state index >= 15 is 0 Å². The molecule has 0 amide bonds. The van der Waals surface area contributed by atoms with Gasteiger partial charge < -0.3 is 15.8 Å². The van der Waals surface area contributed by atoms with Gasteiger partial charge in [0.05, 0.1) is 5.56 Å². The Morgan fingerprint density at radius 2 is 2.05 bits per heavy atom. The summed E-state index contributed by atoms with van der Waals surface area (Å²) in [7, 11) is 0. The highest BCUT2D eigenvalue weighted by atomic mass is 16.4. The van der Waals surface area contributed by atoms with Crippen LogP contribution in [0, 0.1) is 5.92 Å². The summed E-state index contributed by atoms with van der Waals surface area (Å²) in [6, 6.07) is 5.25. The molecule has 0 aliphatic heterocycles. The molecule has 0 aliphatic carbocycles. The number of carboxylic acids is 1. The van der Waals surface area contributed by atoms with Crippen LogP contribution in [0.2, 0.25) is 0 Å². The average molecular weight is 273 g/mol. The Hall–Kier alpha value is -2.14. The fraction of sp³-hybridized carbons (Fsp3) is 0.333. The molecule has 5 heteroatoms. The number of aromatic amines is 1. The average Bonchev–Trinajstić information content (AvgIpc) is 2.83. The van der Waals surface area contributed by atoms with E-state index in [0.717, 1.165) is 11.3 Å². The van der Waals surface area contributed by atoms with Crippen LogP contribution in [0.4, 0.5) is 0 Å². The maximum Gasteiger partial charge on any atom is 0.337 e. The van der Waals surface area contributed by atoms with Crippen LogP contribution in [-0.4, -0.2) is 27.1 Å². The molecule has 2 aromatic heterocycles.